The zero-order valence-corrected chi connectivity index (χ0v) is 13.0. The number of carbonyl (C=O) groups is 2. The topological polar surface area (TPSA) is 94.3 Å². The van der Waals surface area contributed by atoms with Crippen molar-refractivity contribution < 1.29 is 14.3 Å². The number of rotatable bonds is 8. The number of nitrogens with one attached hydrogen (secondary N) is 1. The lowest BCUT2D eigenvalue weighted by Crippen LogP contribution is -2.14. The van der Waals surface area contributed by atoms with Crippen LogP contribution in [0.5, 0.6) is 0 Å². The average Bonchev–Trinajstić information content (AvgIpc) is 2.97. The molecule has 1 atom stereocenters. The molecule has 1 aliphatic carbocycles. The number of primary amides is 1. The molecule has 1 unspecified atom stereocenters. The first-order valence-electron chi connectivity index (χ1n) is 7.30. The first kappa shape index (κ1) is 15.8. The molecule has 0 aliphatic heterocycles. The number of nitrogens with two attached hydrogens (primary N) is 1. The van der Waals surface area contributed by atoms with Crippen molar-refractivity contribution >= 4 is 28.3 Å². The van der Waals surface area contributed by atoms with Gasteiger partial charge in [-0.15, -0.1) is 11.3 Å². The van der Waals surface area contributed by atoms with Gasteiger partial charge in [0.2, 0.25) is 5.91 Å². The van der Waals surface area contributed by atoms with Gasteiger partial charge in [-0.1, -0.05) is 0 Å². The number of amides is 1. The predicted octanol–water partition coefficient (Wildman–Crippen LogP) is 1.80. The van der Waals surface area contributed by atoms with E-state index in [4.69, 9.17) is 10.5 Å². The summed E-state index contributed by atoms with van der Waals surface area (Å²) in [7, 11) is 0. The van der Waals surface area contributed by atoms with Crippen LogP contribution in [0.1, 0.15) is 49.1 Å². The smallest absolute Gasteiger partial charge is 0.315 e. The van der Waals surface area contributed by atoms with Gasteiger partial charge < -0.3 is 15.8 Å². The molecule has 1 aromatic rings. The number of thiazole rings is 1. The van der Waals surface area contributed by atoms with E-state index in [2.05, 4.69) is 10.3 Å². The highest BCUT2D eigenvalue weighted by atomic mass is 32.1. The Hall–Kier alpha value is -1.63. The minimum absolute atomic E-state index is 0.172. The Balaban J connectivity index is 1.84. The second-order valence-corrected chi connectivity index (χ2v) is 6.10. The quantitative estimate of drug-likeness (QED) is 0.564. The molecule has 7 heteroatoms. The summed E-state index contributed by atoms with van der Waals surface area (Å²) in [5, 5.41) is 4.08. The van der Waals surface area contributed by atoms with Gasteiger partial charge in [0.1, 0.15) is 5.92 Å². The summed E-state index contributed by atoms with van der Waals surface area (Å²) in [6.07, 6.45) is 3.75. The van der Waals surface area contributed by atoms with Crippen molar-refractivity contribution in [1.29, 1.82) is 0 Å². The Labute approximate surface area is 128 Å². The molecule has 0 aromatic carbocycles. The molecule has 1 aliphatic rings. The molecule has 6 nitrogen and oxygen atoms in total. The lowest BCUT2D eigenvalue weighted by molar-refractivity contribution is -0.145. The molecule has 1 heterocycles. The number of esters is 1. The van der Waals surface area contributed by atoms with Gasteiger partial charge in [0.15, 0.2) is 5.13 Å². The molecule has 0 saturated carbocycles. The summed E-state index contributed by atoms with van der Waals surface area (Å²) in [4.78, 5) is 28.2. The number of hydrogen-bond donors (Lipinski definition) is 2. The van der Waals surface area contributed by atoms with E-state index in [0.717, 1.165) is 43.1 Å². The van der Waals surface area contributed by atoms with E-state index in [1.807, 2.05) is 6.92 Å². The van der Waals surface area contributed by atoms with Gasteiger partial charge >= 0.3 is 5.97 Å². The van der Waals surface area contributed by atoms with Crippen LogP contribution in [-0.2, 0) is 20.7 Å². The Morgan fingerprint density at radius 1 is 1.48 bits per heavy atom. The normalized spacial score (nSPS) is 16.5. The van der Waals surface area contributed by atoms with Crippen LogP contribution in [0.15, 0.2) is 0 Å². The van der Waals surface area contributed by atoms with Gasteiger partial charge in [-0.2, -0.15) is 0 Å². The van der Waals surface area contributed by atoms with Gasteiger partial charge in [-0.25, -0.2) is 4.98 Å². The van der Waals surface area contributed by atoms with Gasteiger partial charge in [-0.05, 0) is 32.6 Å². The molecule has 0 radical (unpaired) electrons. The lowest BCUT2D eigenvalue weighted by Gasteiger charge is -2.08. The van der Waals surface area contributed by atoms with Crippen LogP contribution in [0.4, 0.5) is 5.13 Å². The molecule has 3 N–H and O–H groups in total. The average molecular weight is 311 g/mol. The number of aromatic nitrogens is 1. The summed E-state index contributed by atoms with van der Waals surface area (Å²) >= 11 is 1.60. The van der Waals surface area contributed by atoms with Crippen LogP contribution in [-0.4, -0.2) is 30.0 Å². The third-order valence-corrected chi connectivity index (χ3v) is 4.50. The zero-order chi connectivity index (χ0) is 15.2. The van der Waals surface area contributed by atoms with E-state index in [-0.39, 0.29) is 17.8 Å². The number of ether oxygens (including phenoxy) is 1. The van der Waals surface area contributed by atoms with Crippen LogP contribution >= 0.6 is 11.3 Å². The highest BCUT2D eigenvalue weighted by molar-refractivity contribution is 7.15. The monoisotopic (exact) mass is 311 g/mol. The highest BCUT2D eigenvalue weighted by Gasteiger charge is 2.33. The third-order valence-electron chi connectivity index (χ3n) is 3.41. The summed E-state index contributed by atoms with van der Waals surface area (Å²) in [5.74, 6) is -0.642. The minimum atomic E-state index is -0.263. The molecule has 1 aromatic heterocycles. The van der Waals surface area contributed by atoms with Crippen molar-refractivity contribution in [3.8, 4) is 0 Å². The summed E-state index contributed by atoms with van der Waals surface area (Å²) < 4.78 is 5.09. The fourth-order valence-electron chi connectivity index (χ4n) is 2.39. The maximum absolute atomic E-state index is 11.9. The van der Waals surface area contributed by atoms with Crippen LogP contribution in [0.25, 0.3) is 0 Å². The number of fused-ring (bicyclic) bond motifs is 1. The number of anilines is 1. The first-order chi connectivity index (χ1) is 10.1. The van der Waals surface area contributed by atoms with E-state index in [9.17, 15) is 9.59 Å². The summed E-state index contributed by atoms with van der Waals surface area (Å²) in [6.45, 7) is 2.97. The fourth-order valence-corrected chi connectivity index (χ4v) is 3.46. The lowest BCUT2D eigenvalue weighted by atomic mass is 10.1. The van der Waals surface area contributed by atoms with E-state index >= 15 is 0 Å². The Morgan fingerprint density at radius 2 is 2.29 bits per heavy atom. The maximum Gasteiger partial charge on any atom is 0.315 e. The number of unbranched alkanes of at least 4 members (excludes halogenated alkanes) is 1. The third kappa shape index (κ3) is 4.17. The SMILES string of the molecule is CCOC(=O)C1CCc2sc(NCCCCC(N)=O)nc21. The number of hydrogen-bond acceptors (Lipinski definition) is 6. The van der Waals surface area contributed by atoms with Crippen LogP contribution in [0.2, 0.25) is 0 Å². The van der Waals surface area contributed by atoms with Crippen molar-refractivity contribution in [2.24, 2.45) is 5.73 Å². The Kier molecular flexibility index (Phi) is 5.55. The van der Waals surface area contributed by atoms with Crippen molar-refractivity contribution in [1.82, 2.24) is 4.98 Å². The molecule has 0 fully saturated rings. The molecule has 116 valence electrons. The molecular weight excluding hydrogens is 290 g/mol. The van der Waals surface area contributed by atoms with Crippen molar-refractivity contribution in [2.75, 3.05) is 18.5 Å². The molecular formula is C14H21N3O3S. The van der Waals surface area contributed by atoms with Crippen molar-refractivity contribution in [3.05, 3.63) is 10.6 Å². The van der Waals surface area contributed by atoms with E-state index in [0.29, 0.717) is 13.0 Å². The standard InChI is InChI=1S/C14H21N3O3S/c1-2-20-13(19)9-6-7-10-12(9)17-14(21-10)16-8-4-3-5-11(15)18/h9H,2-8H2,1H3,(H2,15,18)(H,16,17). The van der Waals surface area contributed by atoms with Crippen LogP contribution in [0, 0.1) is 0 Å². The Morgan fingerprint density at radius 3 is 3.00 bits per heavy atom. The second kappa shape index (κ2) is 7.40. The minimum Gasteiger partial charge on any atom is -0.465 e. The molecule has 0 bridgehead atoms. The van der Waals surface area contributed by atoms with Crippen LogP contribution < -0.4 is 11.1 Å². The summed E-state index contributed by atoms with van der Waals surface area (Å²) in [5.41, 5.74) is 5.96. The fraction of sp³-hybridized carbons (Fsp3) is 0.643. The van der Waals surface area contributed by atoms with Crippen molar-refractivity contribution in [3.63, 3.8) is 0 Å². The van der Waals surface area contributed by atoms with E-state index in [1.165, 1.54) is 4.88 Å². The number of nitrogens with zero attached hydrogens (tertiary/aromatic N) is 1. The first-order valence-corrected chi connectivity index (χ1v) is 8.12. The van der Waals surface area contributed by atoms with Gasteiger partial charge in [0.05, 0.1) is 12.3 Å². The van der Waals surface area contributed by atoms with Crippen LogP contribution in [0.3, 0.4) is 0 Å². The maximum atomic E-state index is 11.9. The predicted molar refractivity (Wildman–Crippen MR) is 81.3 cm³/mol. The largest absolute Gasteiger partial charge is 0.465 e. The van der Waals surface area contributed by atoms with E-state index in [1.54, 1.807) is 11.3 Å². The highest BCUT2D eigenvalue weighted by Crippen LogP contribution is 2.38. The van der Waals surface area contributed by atoms with Gasteiger partial charge in [0.25, 0.3) is 0 Å². The van der Waals surface area contributed by atoms with Gasteiger partial charge in [0, 0.05) is 17.8 Å². The van der Waals surface area contributed by atoms with E-state index < -0.39 is 0 Å². The molecule has 2 rings (SSSR count). The second-order valence-electron chi connectivity index (χ2n) is 5.02. The molecule has 0 saturated heterocycles. The summed E-state index contributed by atoms with van der Waals surface area (Å²) in [6, 6.07) is 0. The molecule has 21 heavy (non-hydrogen) atoms. The zero-order valence-electron chi connectivity index (χ0n) is 12.2. The molecule has 0 spiro atoms. The molecule has 1 amide bonds. The number of aryl methyl sites for hydroxylation is 1. The Bertz CT molecular complexity index is 516. The van der Waals surface area contributed by atoms with Crippen molar-refractivity contribution in [2.45, 2.75) is 44.9 Å². The van der Waals surface area contributed by atoms with Gasteiger partial charge in [-0.3, -0.25) is 9.59 Å². The number of carbonyl (C=O) groups excluding carboxylic acids is 2.